The second kappa shape index (κ2) is 9.48. The van der Waals surface area contributed by atoms with Crippen LogP contribution in [0.25, 0.3) is 6.08 Å². The van der Waals surface area contributed by atoms with E-state index in [4.69, 9.17) is 34.8 Å². The maximum Gasteiger partial charge on any atom is 0.321 e. The fraction of sp³-hybridized carbons (Fsp3) is 0.200. The molecule has 1 heterocycles. The van der Waals surface area contributed by atoms with Crippen LogP contribution in [0.3, 0.4) is 0 Å². The summed E-state index contributed by atoms with van der Waals surface area (Å²) in [5, 5.41) is 3.48. The van der Waals surface area contributed by atoms with Gasteiger partial charge < -0.3 is 15.1 Å². The highest BCUT2D eigenvalue weighted by Gasteiger charge is 2.23. The first-order valence-corrected chi connectivity index (χ1v) is 9.90. The van der Waals surface area contributed by atoms with E-state index in [-0.39, 0.29) is 17.0 Å². The summed E-state index contributed by atoms with van der Waals surface area (Å²) in [5.74, 6) is -0.702. The van der Waals surface area contributed by atoms with Gasteiger partial charge in [-0.05, 0) is 42.0 Å². The molecule has 5 nitrogen and oxygen atoms in total. The van der Waals surface area contributed by atoms with Crippen molar-refractivity contribution in [3.8, 4) is 0 Å². The van der Waals surface area contributed by atoms with Crippen LogP contribution >= 0.6 is 34.8 Å². The van der Waals surface area contributed by atoms with Crippen molar-refractivity contribution in [3.05, 3.63) is 68.9 Å². The third-order valence-electron chi connectivity index (χ3n) is 4.41. The summed E-state index contributed by atoms with van der Waals surface area (Å²) in [7, 11) is 0. The number of piperazine rings is 1. The van der Waals surface area contributed by atoms with Gasteiger partial charge in [-0.2, -0.15) is 0 Å². The van der Waals surface area contributed by atoms with E-state index in [0.29, 0.717) is 41.9 Å². The molecule has 0 radical (unpaired) electrons. The number of hydrogen-bond donors (Lipinski definition) is 1. The van der Waals surface area contributed by atoms with Crippen LogP contribution in [0, 0.1) is 5.82 Å². The molecule has 3 rings (SSSR count). The van der Waals surface area contributed by atoms with E-state index < -0.39 is 5.82 Å². The van der Waals surface area contributed by atoms with Gasteiger partial charge in [-0.1, -0.05) is 40.9 Å². The van der Waals surface area contributed by atoms with Crippen LogP contribution in [-0.4, -0.2) is 47.9 Å². The van der Waals surface area contributed by atoms with Crippen LogP contribution in [0.15, 0.2) is 42.5 Å². The molecular weight excluding hydrogens is 440 g/mol. The zero-order chi connectivity index (χ0) is 21.0. The molecule has 0 spiro atoms. The fourth-order valence-electron chi connectivity index (χ4n) is 2.80. The quantitative estimate of drug-likeness (QED) is 0.647. The molecule has 1 saturated heterocycles. The third-order valence-corrected chi connectivity index (χ3v) is 5.44. The molecule has 1 fully saturated rings. The van der Waals surface area contributed by atoms with Gasteiger partial charge in [-0.25, -0.2) is 9.18 Å². The first-order chi connectivity index (χ1) is 13.8. The second-order valence-electron chi connectivity index (χ2n) is 6.38. The molecule has 152 valence electrons. The zero-order valence-corrected chi connectivity index (χ0v) is 17.4. The maximum atomic E-state index is 13.2. The number of halogens is 4. The predicted octanol–water partition coefficient (Wildman–Crippen LogP) is 5.18. The molecule has 0 bridgehead atoms. The van der Waals surface area contributed by atoms with Crippen molar-refractivity contribution in [1.29, 1.82) is 0 Å². The van der Waals surface area contributed by atoms with Crippen molar-refractivity contribution in [3.63, 3.8) is 0 Å². The van der Waals surface area contributed by atoms with Crippen molar-refractivity contribution in [1.82, 2.24) is 9.80 Å². The highest BCUT2D eigenvalue weighted by Crippen LogP contribution is 2.23. The Morgan fingerprint density at radius 1 is 0.897 bits per heavy atom. The average molecular weight is 457 g/mol. The summed E-state index contributed by atoms with van der Waals surface area (Å²) in [5.41, 5.74) is 1.17. The number of rotatable bonds is 3. The number of anilines is 1. The lowest BCUT2D eigenvalue weighted by Crippen LogP contribution is -2.51. The topological polar surface area (TPSA) is 52.7 Å². The normalized spacial score (nSPS) is 14.3. The van der Waals surface area contributed by atoms with Crippen molar-refractivity contribution in [2.75, 3.05) is 31.5 Å². The SMILES string of the molecule is O=C(/C=C/c1ccc(Cl)c(Cl)c1)N1CCN(C(=O)Nc2ccc(F)c(Cl)c2)CC1. The molecule has 0 saturated carbocycles. The Bertz CT molecular complexity index is 960. The summed E-state index contributed by atoms with van der Waals surface area (Å²) >= 11 is 17.6. The molecule has 0 unspecified atom stereocenters. The molecule has 0 aromatic heterocycles. The molecular formula is C20H17Cl3FN3O2. The molecule has 1 aliphatic heterocycles. The summed E-state index contributed by atoms with van der Waals surface area (Å²) < 4.78 is 13.2. The van der Waals surface area contributed by atoms with E-state index in [1.54, 1.807) is 34.1 Å². The van der Waals surface area contributed by atoms with E-state index in [1.165, 1.54) is 24.3 Å². The Balaban J connectivity index is 1.51. The van der Waals surface area contributed by atoms with Crippen LogP contribution in [0.4, 0.5) is 14.9 Å². The molecule has 3 amide bonds. The Hall–Kier alpha value is -2.28. The molecule has 1 aliphatic rings. The minimum absolute atomic E-state index is 0.0630. The molecule has 0 atom stereocenters. The number of benzene rings is 2. The van der Waals surface area contributed by atoms with Crippen LogP contribution in [0.2, 0.25) is 15.1 Å². The highest BCUT2D eigenvalue weighted by molar-refractivity contribution is 6.42. The van der Waals surface area contributed by atoms with E-state index in [2.05, 4.69) is 5.32 Å². The van der Waals surface area contributed by atoms with Gasteiger partial charge in [0.05, 0.1) is 15.1 Å². The Morgan fingerprint density at radius 3 is 2.24 bits per heavy atom. The first kappa shape index (κ1) is 21.4. The monoisotopic (exact) mass is 455 g/mol. The highest BCUT2D eigenvalue weighted by atomic mass is 35.5. The Kier molecular flexibility index (Phi) is 7.00. The van der Waals surface area contributed by atoms with Gasteiger partial charge in [0, 0.05) is 37.9 Å². The molecule has 1 N–H and O–H groups in total. The number of nitrogens with one attached hydrogen (secondary N) is 1. The molecule has 9 heteroatoms. The van der Waals surface area contributed by atoms with Gasteiger partial charge in [0.2, 0.25) is 5.91 Å². The number of amides is 3. The minimum atomic E-state index is -0.550. The van der Waals surface area contributed by atoms with E-state index in [9.17, 15) is 14.0 Å². The largest absolute Gasteiger partial charge is 0.336 e. The summed E-state index contributed by atoms with van der Waals surface area (Å²) in [4.78, 5) is 28.0. The minimum Gasteiger partial charge on any atom is -0.336 e. The maximum absolute atomic E-state index is 13.2. The second-order valence-corrected chi connectivity index (χ2v) is 7.60. The van der Waals surface area contributed by atoms with Gasteiger partial charge in [0.1, 0.15) is 5.82 Å². The lowest BCUT2D eigenvalue weighted by Gasteiger charge is -2.34. The van der Waals surface area contributed by atoms with Crippen molar-refractivity contribution in [2.45, 2.75) is 0 Å². The van der Waals surface area contributed by atoms with E-state index in [0.717, 1.165) is 5.56 Å². The van der Waals surface area contributed by atoms with E-state index >= 15 is 0 Å². The lowest BCUT2D eigenvalue weighted by molar-refractivity contribution is -0.127. The van der Waals surface area contributed by atoms with Crippen LogP contribution in [0.5, 0.6) is 0 Å². The lowest BCUT2D eigenvalue weighted by atomic mass is 10.2. The van der Waals surface area contributed by atoms with Crippen LogP contribution < -0.4 is 5.32 Å². The summed E-state index contributed by atoms with van der Waals surface area (Å²) in [6.07, 6.45) is 3.14. The first-order valence-electron chi connectivity index (χ1n) is 8.76. The third kappa shape index (κ3) is 5.63. The molecule has 29 heavy (non-hydrogen) atoms. The van der Waals surface area contributed by atoms with Crippen molar-refractivity contribution < 1.29 is 14.0 Å². The van der Waals surface area contributed by atoms with Gasteiger partial charge >= 0.3 is 6.03 Å². The zero-order valence-electron chi connectivity index (χ0n) is 15.2. The van der Waals surface area contributed by atoms with Gasteiger partial charge in [0.25, 0.3) is 0 Å². The van der Waals surface area contributed by atoms with Gasteiger partial charge in [-0.15, -0.1) is 0 Å². The van der Waals surface area contributed by atoms with Crippen molar-refractivity contribution in [2.24, 2.45) is 0 Å². The van der Waals surface area contributed by atoms with Crippen LogP contribution in [-0.2, 0) is 4.79 Å². The van der Waals surface area contributed by atoms with Gasteiger partial charge in [-0.3, -0.25) is 4.79 Å². The summed E-state index contributed by atoms with van der Waals surface area (Å²) in [6.45, 7) is 1.57. The number of urea groups is 1. The predicted molar refractivity (Wildman–Crippen MR) is 114 cm³/mol. The Labute approximate surface area is 182 Å². The van der Waals surface area contributed by atoms with Crippen LogP contribution in [0.1, 0.15) is 5.56 Å². The average Bonchev–Trinajstić information content (AvgIpc) is 2.71. The number of hydrogen-bond acceptors (Lipinski definition) is 2. The Morgan fingerprint density at radius 2 is 1.59 bits per heavy atom. The number of nitrogens with zero attached hydrogens (tertiary/aromatic N) is 2. The van der Waals surface area contributed by atoms with Crippen molar-refractivity contribution >= 4 is 58.5 Å². The van der Waals surface area contributed by atoms with Gasteiger partial charge in [0.15, 0.2) is 0 Å². The summed E-state index contributed by atoms with van der Waals surface area (Å²) in [6, 6.07) is 8.76. The van der Waals surface area contributed by atoms with E-state index in [1.807, 2.05) is 0 Å². The fourth-order valence-corrected chi connectivity index (χ4v) is 3.28. The number of carbonyl (C=O) groups is 2. The standard InChI is InChI=1S/C20H17Cl3FN3O2/c21-15-4-1-13(11-16(15)22)2-6-19(28)26-7-9-27(10-8-26)20(29)25-14-3-5-18(24)17(23)12-14/h1-6,11-12H,7-10H2,(H,25,29)/b6-2+. The smallest absolute Gasteiger partial charge is 0.321 e. The molecule has 2 aromatic rings. The molecule has 0 aliphatic carbocycles. The molecule has 2 aromatic carbocycles. The number of carbonyl (C=O) groups excluding carboxylic acids is 2.